The van der Waals surface area contributed by atoms with Crippen molar-refractivity contribution in [1.29, 1.82) is 0 Å². The van der Waals surface area contributed by atoms with E-state index >= 15 is 0 Å². The van der Waals surface area contributed by atoms with Crippen molar-refractivity contribution in [2.45, 2.75) is 25.4 Å². The van der Waals surface area contributed by atoms with Gasteiger partial charge in [0.25, 0.3) is 0 Å². The first-order valence-electron chi connectivity index (χ1n) is 5.27. The molecule has 2 fully saturated rings. The normalized spacial score (nSPS) is 35.3. The average molecular weight is 184 g/mol. The van der Waals surface area contributed by atoms with Crippen molar-refractivity contribution in [3.63, 3.8) is 0 Å². The van der Waals surface area contributed by atoms with Gasteiger partial charge >= 0.3 is 0 Å². The summed E-state index contributed by atoms with van der Waals surface area (Å²) in [7, 11) is 2.21. The maximum atomic E-state index is 5.18. The zero-order chi connectivity index (χ0) is 9.26. The average Bonchev–Trinajstić information content (AvgIpc) is 2.31. The number of hydrogen-bond donors (Lipinski definition) is 1. The van der Waals surface area contributed by atoms with Crippen molar-refractivity contribution >= 4 is 0 Å². The zero-order valence-corrected chi connectivity index (χ0v) is 8.62. The molecule has 2 heterocycles. The van der Waals surface area contributed by atoms with Gasteiger partial charge in [-0.2, -0.15) is 0 Å². The smallest absolute Gasteiger partial charge is 0.0645 e. The third kappa shape index (κ3) is 2.22. The number of hydrogen-bond acceptors (Lipinski definition) is 3. The second-order valence-corrected chi connectivity index (χ2v) is 4.58. The van der Waals surface area contributed by atoms with Crippen LogP contribution in [-0.2, 0) is 4.74 Å². The number of nitrogens with zero attached hydrogens (tertiary/aromatic N) is 1. The lowest BCUT2D eigenvalue weighted by atomic mass is 10.1. The molecule has 2 unspecified atom stereocenters. The molecule has 3 heteroatoms. The summed E-state index contributed by atoms with van der Waals surface area (Å²) in [5, 5.41) is 3.56. The SMILES string of the molecule is CC1CNC(CN(C)C2COC2)C1. The molecular formula is C10H20N2O. The molecule has 0 aromatic carbocycles. The quantitative estimate of drug-likeness (QED) is 0.683. The molecule has 0 spiro atoms. The van der Waals surface area contributed by atoms with Gasteiger partial charge in [-0.15, -0.1) is 0 Å². The molecule has 13 heavy (non-hydrogen) atoms. The third-order valence-corrected chi connectivity index (χ3v) is 3.19. The monoisotopic (exact) mass is 184 g/mol. The van der Waals surface area contributed by atoms with E-state index < -0.39 is 0 Å². The highest BCUT2D eigenvalue weighted by molar-refractivity contribution is 4.84. The minimum atomic E-state index is 0.678. The highest BCUT2D eigenvalue weighted by Gasteiger charge is 2.27. The van der Waals surface area contributed by atoms with E-state index in [1.165, 1.54) is 19.5 Å². The van der Waals surface area contributed by atoms with E-state index in [0.717, 1.165) is 19.1 Å². The molecule has 1 N–H and O–H groups in total. The summed E-state index contributed by atoms with van der Waals surface area (Å²) in [4.78, 5) is 2.43. The van der Waals surface area contributed by atoms with Crippen LogP contribution in [0.5, 0.6) is 0 Å². The number of likely N-dealkylation sites (N-methyl/N-ethyl adjacent to an activating group) is 1. The van der Waals surface area contributed by atoms with Gasteiger partial charge in [-0.1, -0.05) is 6.92 Å². The summed E-state index contributed by atoms with van der Waals surface area (Å²) < 4.78 is 5.18. The van der Waals surface area contributed by atoms with E-state index in [2.05, 4.69) is 24.2 Å². The van der Waals surface area contributed by atoms with Gasteiger partial charge in [0.15, 0.2) is 0 Å². The molecule has 2 rings (SSSR count). The van der Waals surface area contributed by atoms with E-state index in [1.54, 1.807) is 0 Å². The van der Waals surface area contributed by atoms with Crippen molar-refractivity contribution in [1.82, 2.24) is 10.2 Å². The summed E-state index contributed by atoms with van der Waals surface area (Å²) in [6.45, 7) is 6.55. The molecule has 0 aromatic heterocycles. The van der Waals surface area contributed by atoms with Crippen LogP contribution < -0.4 is 5.32 Å². The van der Waals surface area contributed by atoms with Crippen LogP contribution in [0.4, 0.5) is 0 Å². The van der Waals surface area contributed by atoms with Crippen LogP contribution in [0, 0.1) is 5.92 Å². The topological polar surface area (TPSA) is 24.5 Å². The van der Waals surface area contributed by atoms with E-state index in [4.69, 9.17) is 4.74 Å². The Morgan fingerprint density at radius 1 is 1.46 bits per heavy atom. The maximum absolute atomic E-state index is 5.18. The molecular weight excluding hydrogens is 164 g/mol. The van der Waals surface area contributed by atoms with Gasteiger partial charge in [0.1, 0.15) is 0 Å². The van der Waals surface area contributed by atoms with Crippen LogP contribution in [0.1, 0.15) is 13.3 Å². The molecule has 2 aliphatic rings. The van der Waals surface area contributed by atoms with Crippen LogP contribution in [-0.4, -0.2) is 50.3 Å². The predicted octanol–water partition coefficient (Wildman–Crippen LogP) is 0.315. The van der Waals surface area contributed by atoms with Crippen LogP contribution >= 0.6 is 0 Å². The Balaban J connectivity index is 1.71. The third-order valence-electron chi connectivity index (χ3n) is 3.19. The summed E-state index contributed by atoms with van der Waals surface area (Å²) in [5.74, 6) is 0.857. The van der Waals surface area contributed by atoms with Crippen LogP contribution in [0.25, 0.3) is 0 Å². The first-order chi connectivity index (χ1) is 6.25. The van der Waals surface area contributed by atoms with Gasteiger partial charge < -0.3 is 10.1 Å². The molecule has 2 saturated heterocycles. The molecule has 0 amide bonds. The molecule has 2 atom stereocenters. The van der Waals surface area contributed by atoms with Gasteiger partial charge in [-0.3, -0.25) is 4.90 Å². The Labute approximate surface area is 80.4 Å². The lowest BCUT2D eigenvalue weighted by Gasteiger charge is -2.35. The van der Waals surface area contributed by atoms with Gasteiger partial charge in [-0.25, -0.2) is 0 Å². The van der Waals surface area contributed by atoms with E-state index in [-0.39, 0.29) is 0 Å². The standard InChI is InChI=1S/C10H20N2O/c1-8-3-9(11-4-8)5-12(2)10-6-13-7-10/h8-11H,3-7H2,1-2H3. The first-order valence-corrected chi connectivity index (χ1v) is 5.27. The molecule has 3 nitrogen and oxygen atoms in total. The largest absolute Gasteiger partial charge is 0.378 e. The Kier molecular flexibility index (Phi) is 2.86. The molecule has 0 saturated carbocycles. The summed E-state index contributed by atoms with van der Waals surface area (Å²) >= 11 is 0. The van der Waals surface area contributed by atoms with Gasteiger partial charge in [0, 0.05) is 12.6 Å². The predicted molar refractivity (Wildman–Crippen MR) is 52.8 cm³/mol. The minimum Gasteiger partial charge on any atom is -0.378 e. The fourth-order valence-electron chi connectivity index (χ4n) is 2.13. The Morgan fingerprint density at radius 2 is 2.23 bits per heavy atom. The van der Waals surface area contributed by atoms with Gasteiger partial charge in [0.05, 0.1) is 19.3 Å². The van der Waals surface area contributed by atoms with Crippen molar-refractivity contribution in [3.8, 4) is 0 Å². The van der Waals surface area contributed by atoms with Crippen LogP contribution in [0.2, 0.25) is 0 Å². The molecule has 0 bridgehead atoms. The minimum absolute atomic E-state index is 0.678. The van der Waals surface area contributed by atoms with E-state index in [9.17, 15) is 0 Å². The maximum Gasteiger partial charge on any atom is 0.0645 e. The second kappa shape index (κ2) is 3.95. The van der Waals surface area contributed by atoms with E-state index in [0.29, 0.717) is 12.1 Å². The zero-order valence-electron chi connectivity index (χ0n) is 8.62. The Bertz CT molecular complexity index is 170. The van der Waals surface area contributed by atoms with Crippen molar-refractivity contribution in [2.24, 2.45) is 5.92 Å². The summed E-state index contributed by atoms with van der Waals surface area (Å²) in [6.07, 6.45) is 1.33. The van der Waals surface area contributed by atoms with Crippen molar-refractivity contribution < 1.29 is 4.74 Å². The van der Waals surface area contributed by atoms with Crippen molar-refractivity contribution in [3.05, 3.63) is 0 Å². The lowest BCUT2D eigenvalue weighted by Crippen LogP contribution is -2.50. The number of ether oxygens (including phenoxy) is 1. The molecule has 0 aliphatic carbocycles. The molecule has 2 aliphatic heterocycles. The highest BCUT2D eigenvalue weighted by Crippen LogP contribution is 2.15. The highest BCUT2D eigenvalue weighted by atomic mass is 16.5. The Hall–Kier alpha value is -0.120. The Morgan fingerprint density at radius 3 is 2.69 bits per heavy atom. The fraction of sp³-hybridized carbons (Fsp3) is 1.00. The van der Waals surface area contributed by atoms with Crippen LogP contribution in [0.15, 0.2) is 0 Å². The number of nitrogens with one attached hydrogen (secondary N) is 1. The molecule has 76 valence electrons. The first kappa shape index (κ1) is 9.44. The molecule has 0 radical (unpaired) electrons. The van der Waals surface area contributed by atoms with Gasteiger partial charge in [0.2, 0.25) is 0 Å². The van der Waals surface area contributed by atoms with E-state index in [1.807, 2.05) is 0 Å². The fourth-order valence-corrected chi connectivity index (χ4v) is 2.13. The molecule has 0 aromatic rings. The summed E-state index contributed by atoms with van der Waals surface area (Å²) in [5.41, 5.74) is 0. The van der Waals surface area contributed by atoms with Crippen LogP contribution in [0.3, 0.4) is 0 Å². The van der Waals surface area contributed by atoms with Gasteiger partial charge in [-0.05, 0) is 25.9 Å². The second-order valence-electron chi connectivity index (χ2n) is 4.58. The number of rotatable bonds is 3. The summed E-state index contributed by atoms with van der Waals surface area (Å²) in [6, 6.07) is 1.39. The lowest BCUT2D eigenvalue weighted by molar-refractivity contribution is -0.0577. The van der Waals surface area contributed by atoms with Crippen molar-refractivity contribution in [2.75, 3.05) is 33.4 Å².